The van der Waals surface area contributed by atoms with Gasteiger partial charge in [-0.1, -0.05) is 37.3 Å². The van der Waals surface area contributed by atoms with Gasteiger partial charge in [-0.3, -0.25) is 0 Å². The Balaban J connectivity index is 1.97. The van der Waals surface area contributed by atoms with Crippen LogP contribution in [-0.4, -0.2) is 24.0 Å². The predicted octanol–water partition coefficient (Wildman–Crippen LogP) is 2.71. The van der Waals surface area contributed by atoms with E-state index in [4.69, 9.17) is 0 Å². The molecule has 1 aliphatic rings. The molecule has 0 aromatic heterocycles. The molecule has 1 heteroatoms. The van der Waals surface area contributed by atoms with Crippen molar-refractivity contribution in [3.05, 3.63) is 35.9 Å². The van der Waals surface area contributed by atoms with Crippen LogP contribution in [0.3, 0.4) is 0 Å². The minimum atomic E-state index is 0.794. The summed E-state index contributed by atoms with van der Waals surface area (Å²) < 4.78 is 0. The lowest BCUT2D eigenvalue weighted by molar-refractivity contribution is 0.266. The Bertz CT molecular complexity index is 268. The standard InChI is InChI=1S/C13H19N/c1-2-14-10-6-9-13(14)11-12-7-4-3-5-8-12/h3-5,7-8,13H,2,6,9-11H2,1H3. The number of hydrogen-bond donors (Lipinski definition) is 0. The van der Waals surface area contributed by atoms with Crippen LogP contribution in [0.1, 0.15) is 25.3 Å². The molecule has 1 saturated heterocycles. The van der Waals surface area contributed by atoms with Gasteiger partial charge in [-0.2, -0.15) is 0 Å². The summed E-state index contributed by atoms with van der Waals surface area (Å²) in [5.74, 6) is 0. The van der Waals surface area contributed by atoms with Crippen LogP contribution in [0.4, 0.5) is 0 Å². The van der Waals surface area contributed by atoms with Crippen molar-refractivity contribution in [1.82, 2.24) is 4.90 Å². The minimum Gasteiger partial charge on any atom is -0.300 e. The summed E-state index contributed by atoms with van der Waals surface area (Å²) in [6.45, 7) is 4.77. The topological polar surface area (TPSA) is 3.24 Å². The molecule has 0 saturated carbocycles. The maximum Gasteiger partial charge on any atom is 0.0136 e. The van der Waals surface area contributed by atoms with Crippen molar-refractivity contribution in [2.75, 3.05) is 13.1 Å². The molecule has 1 unspecified atom stereocenters. The Kier molecular flexibility index (Phi) is 3.20. The number of benzene rings is 1. The van der Waals surface area contributed by atoms with Crippen molar-refractivity contribution in [2.45, 2.75) is 32.2 Å². The summed E-state index contributed by atoms with van der Waals surface area (Å²) in [4.78, 5) is 2.60. The van der Waals surface area contributed by atoms with Crippen molar-refractivity contribution in [1.29, 1.82) is 0 Å². The number of hydrogen-bond acceptors (Lipinski definition) is 1. The van der Waals surface area contributed by atoms with E-state index in [0.717, 1.165) is 6.04 Å². The minimum absolute atomic E-state index is 0.794. The molecule has 1 fully saturated rings. The quantitative estimate of drug-likeness (QED) is 0.706. The molecule has 0 bridgehead atoms. The Labute approximate surface area is 86.7 Å². The van der Waals surface area contributed by atoms with E-state index in [0.29, 0.717) is 0 Å². The monoisotopic (exact) mass is 189 g/mol. The van der Waals surface area contributed by atoms with Crippen LogP contribution in [-0.2, 0) is 6.42 Å². The first-order chi connectivity index (χ1) is 6.90. The van der Waals surface area contributed by atoms with Crippen LogP contribution in [0.15, 0.2) is 30.3 Å². The van der Waals surface area contributed by atoms with E-state index in [1.54, 1.807) is 0 Å². The lowest BCUT2D eigenvalue weighted by Gasteiger charge is -2.22. The number of rotatable bonds is 3. The van der Waals surface area contributed by atoms with E-state index in [1.807, 2.05) is 0 Å². The molecule has 0 radical (unpaired) electrons. The Morgan fingerprint density at radius 2 is 2.07 bits per heavy atom. The predicted molar refractivity (Wildman–Crippen MR) is 60.4 cm³/mol. The molecule has 0 aliphatic carbocycles. The first-order valence-corrected chi connectivity index (χ1v) is 5.68. The largest absolute Gasteiger partial charge is 0.300 e. The highest BCUT2D eigenvalue weighted by atomic mass is 15.2. The van der Waals surface area contributed by atoms with E-state index in [2.05, 4.69) is 42.2 Å². The Morgan fingerprint density at radius 1 is 1.29 bits per heavy atom. The number of likely N-dealkylation sites (N-methyl/N-ethyl adjacent to an activating group) is 1. The highest BCUT2D eigenvalue weighted by Gasteiger charge is 2.22. The summed E-state index contributed by atoms with van der Waals surface area (Å²) in [5, 5.41) is 0. The van der Waals surface area contributed by atoms with Crippen LogP contribution in [0.5, 0.6) is 0 Å². The molecular formula is C13H19N. The second kappa shape index (κ2) is 4.61. The average Bonchev–Trinajstić information content (AvgIpc) is 2.67. The molecule has 0 spiro atoms. The molecule has 1 atom stereocenters. The summed E-state index contributed by atoms with van der Waals surface area (Å²) in [6, 6.07) is 11.7. The normalized spacial score (nSPS) is 22.8. The third-order valence-corrected chi connectivity index (χ3v) is 3.22. The fourth-order valence-corrected chi connectivity index (χ4v) is 2.43. The van der Waals surface area contributed by atoms with Gasteiger partial charge in [-0.05, 0) is 37.9 Å². The Hall–Kier alpha value is -0.820. The third-order valence-electron chi connectivity index (χ3n) is 3.22. The lowest BCUT2D eigenvalue weighted by Crippen LogP contribution is -2.30. The van der Waals surface area contributed by atoms with Crippen LogP contribution in [0.2, 0.25) is 0 Å². The van der Waals surface area contributed by atoms with Crippen molar-refractivity contribution in [3.8, 4) is 0 Å². The SMILES string of the molecule is CCN1CCCC1Cc1ccccc1. The zero-order valence-corrected chi connectivity index (χ0v) is 8.95. The highest BCUT2D eigenvalue weighted by Crippen LogP contribution is 2.20. The molecule has 0 amide bonds. The van der Waals surface area contributed by atoms with E-state index in [1.165, 1.54) is 37.9 Å². The molecule has 1 aromatic carbocycles. The molecular weight excluding hydrogens is 170 g/mol. The van der Waals surface area contributed by atoms with Gasteiger partial charge >= 0.3 is 0 Å². The van der Waals surface area contributed by atoms with Gasteiger partial charge in [-0.15, -0.1) is 0 Å². The van der Waals surface area contributed by atoms with Gasteiger partial charge in [0.1, 0.15) is 0 Å². The van der Waals surface area contributed by atoms with Crippen molar-refractivity contribution in [2.24, 2.45) is 0 Å². The molecule has 2 rings (SSSR count). The fourth-order valence-electron chi connectivity index (χ4n) is 2.43. The van der Waals surface area contributed by atoms with Crippen LogP contribution in [0, 0.1) is 0 Å². The first-order valence-electron chi connectivity index (χ1n) is 5.68. The van der Waals surface area contributed by atoms with Gasteiger partial charge < -0.3 is 4.90 Å². The summed E-state index contributed by atoms with van der Waals surface area (Å²) in [7, 11) is 0. The summed E-state index contributed by atoms with van der Waals surface area (Å²) in [5.41, 5.74) is 1.48. The summed E-state index contributed by atoms with van der Waals surface area (Å²) in [6.07, 6.45) is 3.99. The molecule has 1 aliphatic heterocycles. The van der Waals surface area contributed by atoms with Crippen molar-refractivity contribution >= 4 is 0 Å². The molecule has 1 aromatic rings. The van der Waals surface area contributed by atoms with Gasteiger partial charge in [0.25, 0.3) is 0 Å². The maximum absolute atomic E-state index is 2.60. The molecule has 0 N–H and O–H groups in total. The molecule has 1 nitrogen and oxygen atoms in total. The van der Waals surface area contributed by atoms with Gasteiger partial charge in [0.2, 0.25) is 0 Å². The third kappa shape index (κ3) is 2.16. The second-order valence-corrected chi connectivity index (χ2v) is 4.11. The van der Waals surface area contributed by atoms with Crippen LogP contribution in [0.25, 0.3) is 0 Å². The van der Waals surface area contributed by atoms with Crippen molar-refractivity contribution < 1.29 is 0 Å². The second-order valence-electron chi connectivity index (χ2n) is 4.11. The van der Waals surface area contributed by atoms with Gasteiger partial charge in [0, 0.05) is 6.04 Å². The van der Waals surface area contributed by atoms with E-state index >= 15 is 0 Å². The van der Waals surface area contributed by atoms with Gasteiger partial charge in [-0.25, -0.2) is 0 Å². The van der Waals surface area contributed by atoms with E-state index in [9.17, 15) is 0 Å². The van der Waals surface area contributed by atoms with E-state index < -0.39 is 0 Å². The summed E-state index contributed by atoms with van der Waals surface area (Å²) >= 11 is 0. The smallest absolute Gasteiger partial charge is 0.0136 e. The first kappa shape index (κ1) is 9.72. The van der Waals surface area contributed by atoms with Crippen LogP contribution < -0.4 is 0 Å². The maximum atomic E-state index is 2.60. The average molecular weight is 189 g/mol. The highest BCUT2D eigenvalue weighted by molar-refractivity contribution is 5.16. The molecule has 1 heterocycles. The molecule has 76 valence electrons. The fraction of sp³-hybridized carbons (Fsp3) is 0.538. The lowest BCUT2D eigenvalue weighted by atomic mass is 10.0. The number of likely N-dealkylation sites (tertiary alicyclic amines) is 1. The molecule has 14 heavy (non-hydrogen) atoms. The van der Waals surface area contributed by atoms with Gasteiger partial charge in [0.15, 0.2) is 0 Å². The van der Waals surface area contributed by atoms with Crippen molar-refractivity contribution in [3.63, 3.8) is 0 Å². The van der Waals surface area contributed by atoms with E-state index in [-0.39, 0.29) is 0 Å². The Morgan fingerprint density at radius 3 is 2.79 bits per heavy atom. The zero-order valence-electron chi connectivity index (χ0n) is 8.95. The zero-order chi connectivity index (χ0) is 9.80. The van der Waals surface area contributed by atoms with Gasteiger partial charge in [0.05, 0.1) is 0 Å². The number of nitrogens with zero attached hydrogens (tertiary/aromatic N) is 1. The van der Waals surface area contributed by atoms with Crippen LogP contribution >= 0.6 is 0 Å².